The van der Waals surface area contributed by atoms with Gasteiger partial charge in [-0.3, -0.25) is 9.10 Å². The summed E-state index contributed by atoms with van der Waals surface area (Å²) in [5.41, 5.74) is 1.53. The molecule has 0 spiro atoms. The maximum Gasteiger partial charge on any atom is 0.264 e. The number of benzene rings is 3. The molecular weight excluding hydrogens is 532 g/mol. The van der Waals surface area contributed by atoms with Gasteiger partial charge in [0, 0.05) is 24.4 Å². The molecule has 184 valence electrons. The molecule has 1 heterocycles. The van der Waals surface area contributed by atoms with Gasteiger partial charge in [0.1, 0.15) is 12.4 Å². The Kier molecular flexibility index (Phi) is 8.10. The molecule has 1 atom stereocenters. The minimum atomic E-state index is -3.73. The Bertz CT molecular complexity index is 1260. The van der Waals surface area contributed by atoms with E-state index in [0.717, 1.165) is 19.4 Å². The molecule has 7 nitrogen and oxygen atoms in total. The molecule has 1 amide bonds. The number of rotatable bonds is 9. The first-order valence-electron chi connectivity index (χ1n) is 11.4. The number of sulfonamides is 1. The Hall–Kier alpha value is -2.88. The number of amides is 1. The van der Waals surface area contributed by atoms with Crippen molar-refractivity contribution in [3.05, 3.63) is 82.8 Å². The molecule has 9 heteroatoms. The Morgan fingerprint density at radius 1 is 1.11 bits per heavy atom. The first-order valence-corrected chi connectivity index (χ1v) is 13.6. The number of ether oxygens (including phenoxy) is 2. The fraction of sp³-hybridized carbons (Fsp3) is 0.269. The van der Waals surface area contributed by atoms with E-state index in [1.54, 1.807) is 61.5 Å². The topological polar surface area (TPSA) is 84.9 Å². The standard InChI is InChI=1S/C26H27BrN2O5S/c1-2-29(21-7-4-3-5-8-21)35(31,32)23-13-11-20(12-14-23)28-26(30)19-10-15-25(24(27)17-19)34-18-22-9-6-16-33-22/h3-5,7-8,10-15,17,22H,2,6,9,16,18H2,1H3,(H,28,30). The van der Waals surface area contributed by atoms with Crippen molar-refractivity contribution in [3.8, 4) is 5.75 Å². The normalized spacial score (nSPS) is 15.5. The molecule has 1 N–H and O–H groups in total. The SMILES string of the molecule is CCN(c1ccccc1)S(=O)(=O)c1ccc(NC(=O)c2ccc(OCC3CCCO3)c(Br)c2)cc1. The lowest BCUT2D eigenvalue weighted by Crippen LogP contribution is -2.30. The van der Waals surface area contributed by atoms with Crippen molar-refractivity contribution in [2.75, 3.05) is 29.4 Å². The van der Waals surface area contributed by atoms with Crippen molar-refractivity contribution < 1.29 is 22.7 Å². The molecule has 1 fully saturated rings. The first kappa shape index (κ1) is 25.2. The molecule has 3 aromatic rings. The number of hydrogen-bond donors (Lipinski definition) is 1. The van der Waals surface area contributed by atoms with Gasteiger partial charge in [-0.2, -0.15) is 0 Å². The molecule has 1 aliphatic heterocycles. The fourth-order valence-electron chi connectivity index (χ4n) is 3.84. The highest BCUT2D eigenvalue weighted by atomic mass is 79.9. The Morgan fingerprint density at radius 2 is 1.86 bits per heavy atom. The van der Waals surface area contributed by atoms with Gasteiger partial charge in [-0.15, -0.1) is 0 Å². The average Bonchev–Trinajstić information content (AvgIpc) is 3.38. The first-order chi connectivity index (χ1) is 16.9. The summed E-state index contributed by atoms with van der Waals surface area (Å²) >= 11 is 3.46. The van der Waals surface area contributed by atoms with Crippen LogP contribution in [0.15, 0.2) is 82.2 Å². The van der Waals surface area contributed by atoms with Crippen molar-refractivity contribution in [2.45, 2.75) is 30.8 Å². The Balaban J connectivity index is 1.41. The molecule has 0 aliphatic carbocycles. The molecule has 0 saturated carbocycles. The van der Waals surface area contributed by atoms with Crippen molar-refractivity contribution >= 4 is 43.2 Å². The van der Waals surface area contributed by atoms with Crippen molar-refractivity contribution in [2.24, 2.45) is 0 Å². The quantitative estimate of drug-likeness (QED) is 0.376. The largest absolute Gasteiger partial charge is 0.490 e. The zero-order valence-corrected chi connectivity index (χ0v) is 21.7. The van der Waals surface area contributed by atoms with Gasteiger partial charge in [0.05, 0.1) is 21.2 Å². The van der Waals surface area contributed by atoms with Gasteiger partial charge < -0.3 is 14.8 Å². The number of carbonyl (C=O) groups is 1. The predicted molar refractivity (Wildman–Crippen MR) is 140 cm³/mol. The van der Waals surface area contributed by atoms with Crippen LogP contribution in [0.1, 0.15) is 30.1 Å². The number of nitrogens with zero attached hydrogens (tertiary/aromatic N) is 1. The van der Waals surface area contributed by atoms with E-state index in [1.807, 2.05) is 6.07 Å². The van der Waals surface area contributed by atoms with E-state index in [0.29, 0.717) is 40.3 Å². The van der Waals surface area contributed by atoms with Crippen molar-refractivity contribution in [1.82, 2.24) is 0 Å². The van der Waals surface area contributed by atoms with Gasteiger partial charge in [-0.25, -0.2) is 8.42 Å². The van der Waals surface area contributed by atoms with Crippen LogP contribution in [-0.4, -0.2) is 40.2 Å². The van der Waals surface area contributed by atoms with E-state index in [1.165, 1.54) is 16.4 Å². The highest BCUT2D eigenvalue weighted by Crippen LogP contribution is 2.28. The number of halogens is 1. The molecule has 35 heavy (non-hydrogen) atoms. The number of anilines is 2. The maximum atomic E-state index is 13.1. The van der Waals surface area contributed by atoms with Crippen LogP contribution >= 0.6 is 15.9 Å². The third-order valence-corrected chi connectivity index (χ3v) is 8.21. The lowest BCUT2D eigenvalue weighted by Gasteiger charge is -2.23. The molecule has 3 aromatic carbocycles. The summed E-state index contributed by atoms with van der Waals surface area (Å²) in [6, 6.07) is 20.2. The summed E-state index contributed by atoms with van der Waals surface area (Å²) in [6.07, 6.45) is 2.14. The third-order valence-electron chi connectivity index (χ3n) is 5.67. The monoisotopic (exact) mass is 558 g/mol. The van der Waals surface area contributed by atoms with Gasteiger partial charge in [0.15, 0.2) is 0 Å². The van der Waals surface area contributed by atoms with Crippen molar-refractivity contribution in [3.63, 3.8) is 0 Å². The summed E-state index contributed by atoms with van der Waals surface area (Å²) in [7, 11) is -3.73. The van der Waals surface area contributed by atoms with Gasteiger partial charge in [0.25, 0.3) is 15.9 Å². The van der Waals surface area contributed by atoms with Crippen LogP contribution in [0.2, 0.25) is 0 Å². The minimum absolute atomic E-state index is 0.105. The van der Waals surface area contributed by atoms with E-state index in [-0.39, 0.29) is 16.9 Å². The van der Waals surface area contributed by atoms with Crippen LogP contribution in [-0.2, 0) is 14.8 Å². The van der Waals surface area contributed by atoms with E-state index in [2.05, 4.69) is 21.2 Å². The van der Waals surface area contributed by atoms with E-state index in [4.69, 9.17) is 9.47 Å². The van der Waals surface area contributed by atoms with Gasteiger partial charge in [-0.1, -0.05) is 18.2 Å². The maximum absolute atomic E-state index is 13.1. The van der Waals surface area contributed by atoms with Gasteiger partial charge >= 0.3 is 0 Å². The highest BCUT2D eigenvalue weighted by molar-refractivity contribution is 9.10. The summed E-state index contributed by atoms with van der Waals surface area (Å²) in [5, 5.41) is 2.81. The Labute approximate surface area is 214 Å². The molecular formula is C26H27BrN2O5S. The molecule has 0 aromatic heterocycles. The number of carbonyl (C=O) groups excluding carboxylic acids is 1. The van der Waals surface area contributed by atoms with E-state index in [9.17, 15) is 13.2 Å². The third kappa shape index (κ3) is 6.04. The molecule has 4 rings (SSSR count). The second-order valence-electron chi connectivity index (χ2n) is 8.08. The van der Waals surface area contributed by atoms with E-state index < -0.39 is 10.0 Å². The Morgan fingerprint density at radius 3 is 2.49 bits per heavy atom. The van der Waals surface area contributed by atoms with Crippen LogP contribution in [0.5, 0.6) is 5.75 Å². The minimum Gasteiger partial charge on any atom is -0.490 e. The zero-order chi connectivity index (χ0) is 24.8. The lowest BCUT2D eigenvalue weighted by atomic mass is 10.2. The molecule has 0 radical (unpaired) electrons. The summed E-state index contributed by atoms with van der Waals surface area (Å²) in [5.74, 6) is 0.331. The van der Waals surface area contributed by atoms with Crippen LogP contribution < -0.4 is 14.4 Å². The summed E-state index contributed by atoms with van der Waals surface area (Å²) in [4.78, 5) is 12.9. The van der Waals surface area contributed by atoms with Crippen LogP contribution in [0.4, 0.5) is 11.4 Å². The van der Waals surface area contributed by atoms with E-state index >= 15 is 0 Å². The summed E-state index contributed by atoms with van der Waals surface area (Å²) in [6.45, 7) is 3.33. The number of para-hydroxylation sites is 1. The highest BCUT2D eigenvalue weighted by Gasteiger charge is 2.23. The summed E-state index contributed by atoms with van der Waals surface area (Å²) < 4.78 is 39.7. The number of nitrogens with one attached hydrogen (secondary N) is 1. The smallest absolute Gasteiger partial charge is 0.264 e. The zero-order valence-electron chi connectivity index (χ0n) is 19.3. The van der Waals surface area contributed by atoms with Gasteiger partial charge in [0.2, 0.25) is 0 Å². The van der Waals surface area contributed by atoms with Crippen LogP contribution in [0, 0.1) is 0 Å². The van der Waals surface area contributed by atoms with Crippen LogP contribution in [0.3, 0.4) is 0 Å². The van der Waals surface area contributed by atoms with Gasteiger partial charge in [-0.05, 0) is 90.3 Å². The molecule has 1 aliphatic rings. The predicted octanol–water partition coefficient (Wildman–Crippen LogP) is 5.47. The average molecular weight is 559 g/mol. The fourth-order valence-corrected chi connectivity index (χ4v) is 5.81. The van der Waals surface area contributed by atoms with Crippen LogP contribution in [0.25, 0.3) is 0 Å². The molecule has 1 unspecified atom stereocenters. The van der Waals surface area contributed by atoms with Crippen molar-refractivity contribution in [1.29, 1.82) is 0 Å². The number of hydrogen-bond acceptors (Lipinski definition) is 5. The molecule has 1 saturated heterocycles. The second kappa shape index (κ2) is 11.2. The molecule has 0 bridgehead atoms. The lowest BCUT2D eigenvalue weighted by molar-refractivity contribution is 0.0677. The second-order valence-corrected chi connectivity index (χ2v) is 10.8.